The quantitative estimate of drug-likeness (QED) is 0.440. The molecule has 2 amide bonds. The Morgan fingerprint density at radius 1 is 1.03 bits per heavy atom. The monoisotopic (exact) mass is 483 g/mol. The first-order valence-electron chi connectivity index (χ1n) is 13.0. The summed E-state index contributed by atoms with van der Waals surface area (Å²) in [5, 5.41) is 5.47. The van der Waals surface area contributed by atoms with Gasteiger partial charge in [0.25, 0.3) is 11.8 Å². The van der Waals surface area contributed by atoms with E-state index >= 15 is 0 Å². The number of nitrogens with two attached hydrogens (primary N) is 1. The van der Waals surface area contributed by atoms with Gasteiger partial charge in [-0.25, -0.2) is 0 Å². The number of anilines is 2. The second-order valence-electron chi connectivity index (χ2n) is 10.2. The number of nitrogen functional groups attached to an aromatic ring is 1. The Bertz CT molecular complexity index is 1300. The zero-order valence-corrected chi connectivity index (χ0v) is 21.2. The summed E-state index contributed by atoms with van der Waals surface area (Å²) in [5.74, 6) is 0.0404. The molecule has 2 fully saturated rings. The fourth-order valence-electron chi connectivity index (χ4n) is 5.59. The van der Waals surface area contributed by atoms with Gasteiger partial charge in [0.2, 0.25) is 0 Å². The summed E-state index contributed by atoms with van der Waals surface area (Å²) in [6.07, 6.45) is 6.85. The van der Waals surface area contributed by atoms with E-state index in [1.165, 1.54) is 6.42 Å². The Morgan fingerprint density at radius 3 is 2.58 bits per heavy atom. The van der Waals surface area contributed by atoms with Gasteiger partial charge in [-0.2, -0.15) is 0 Å². The lowest BCUT2D eigenvalue weighted by molar-refractivity contribution is 0.0708. The third-order valence-corrected chi connectivity index (χ3v) is 7.45. The molecule has 5 rings (SSSR count). The SMILES string of the molecule is Bc1cc(N)c(N[C@@H]2CCCN(C(=O)c3c(C)ncc4ccccc34)C2)c(C(=O)N2CCCCC2)c1. The summed E-state index contributed by atoms with van der Waals surface area (Å²) in [7, 11) is 1.97. The number of carbonyl (C=O) groups excluding carboxylic acids is 2. The van der Waals surface area contributed by atoms with Crippen LogP contribution >= 0.6 is 0 Å². The van der Waals surface area contributed by atoms with E-state index in [2.05, 4.69) is 10.3 Å². The molecule has 2 saturated heterocycles. The summed E-state index contributed by atoms with van der Waals surface area (Å²) in [4.78, 5) is 35.5. The number of aromatic nitrogens is 1. The van der Waals surface area contributed by atoms with Crippen molar-refractivity contribution in [2.75, 3.05) is 37.2 Å². The molecule has 0 unspecified atom stereocenters. The van der Waals surface area contributed by atoms with Crippen molar-refractivity contribution < 1.29 is 9.59 Å². The van der Waals surface area contributed by atoms with Gasteiger partial charge in [-0.1, -0.05) is 35.8 Å². The van der Waals surface area contributed by atoms with Gasteiger partial charge in [0, 0.05) is 43.8 Å². The Kier molecular flexibility index (Phi) is 6.85. The van der Waals surface area contributed by atoms with Crippen LogP contribution in [0.1, 0.15) is 58.5 Å². The van der Waals surface area contributed by atoms with Crippen LogP contribution in [0.4, 0.5) is 11.4 Å². The lowest BCUT2D eigenvalue weighted by atomic mass is 9.91. The van der Waals surface area contributed by atoms with Gasteiger partial charge in [0.15, 0.2) is 0 Å². The highest BCUT2D eigenvalue weighted by atomic mass is 16.2. The molecule has 0 bridgehead atoms. The molecule has 3 heterocycles. The Balaban J connectivity index is 1.39. The average molecular weight is 483 g/mol. The summed E-state index contributed by atoms with van der Waals surface area (Å²) in [6.45, 7) is 4.71. The maximum absolute atomic E-state index is 13.7. The highest BCUT2D eigenvalue weighted by Gasteiger charge is 2.29. The van der Waals surface area contributed by atoms with Gasteiger partial charge in [-0.05, 0) is 50.5 Å². The molecule has 0 spiro atoms. The maximum Gasteiger partial charge on any atom is 0.256 e. The Labute approximate surface area is 213 Å². The number of hydrogen-bond acceptors (Lipinski definition) is 5. The highest BCUT2D eigenvalue weighted by molar-refractivity contribution is 6.33. The van der Waals surface area contributed by atoms with Crippen LogP contribution in [0, 0.1) is 6.92 Å². The first-order chi connectivity index (χ1) is 17.4. The number of aryl methyl sites for hydroxylation is 1. The third-order valence-electron chi connectivity index (χ3n) is 7.45. The van der Waals surface area contributed by atoms with Crippen LogP contribution in [0.25, 0.3) is 10.8 Å². The molecule has 2 aromatic carbocycles. The number of nitrogens with one attached hydrogen (secondary N) is 1. The maximum atomic E-state index is 13.7. The molecule has 2 aliphatic heterocycles. The van der Waals surface area contributed by atoms with Crippen LogP contribution < -0.4 is 16.5 Å². The van der Waals surface area contributed by atoms with Gasteiger partial charge < -0.3 is 20.9 Å². The van der Waals surface area contributed by atoms with E-state index in [4.69, 9.17) is 5.73 Å². The van der Waals surface area contributed by atoms with Crippen molar-refractivity contribution in [2.24, 2.45) is 0 Å². The van der Waals surface area contributed by atoms with E-state index < -0.39 is 0 Å². The minimum Gasteiger partial charge on any atom is -0.397 e. The topological polar surface area (TPSA) is 91.6 Å². The number of pyridine rings is 1. The lowest BCUT2D eigenvalue weighted by Gasteiger charge is -2.35. The van der Waals surface area contributed by atoms with E-state index in [0.29, 0.717) is 35.6 Å². The fraction of sp³-hybridized carbons (Fsp3) is 0.393. The predicted molar refractivity (Wildman–Crippen MR) is 148 cm³/mol. The van der Waals surface area contributed by atoms with Crippen molar-refractivity contribution in [3.8, 4) is 0 Å². The molecule has 8 heteroatoms. The molecule has 186 valence electrons. The van der Waals surface area contributed by atoms with Crippen molar-refractivity contribution in [1.29, 1.82) is 0 Å². The van der Waals surface area contributed by atoms with Crippen molar-refractivity contribution in [2.45, 2.75) is 45.1 Å². The van der Waals surface area contributed by atoms with Crippen LogP contribution in [0.5, 0.6) is 0 Å². The minimum atomic E-state index is 0.00357. The van der Waals surface area contributed by atoms with Crippen LogP contribution in [0.15, 0.2) is 42.6 Å². The number of nitrogens with zero attached hydrogens (tertiary/aromatic N) is 3. The van der Waals surface area contributed by atoms with Crippen LogP contribution in [0.3, 0.4) is 0 Å². The summed E-state index contributed by atoms with van der Waals surface area (Å²) >= 11 is 0. The second kappa shape index (κ2) is 10.2. The third kappa shape index (κ3) is 4.77. The minimum absolute atomic E-state index is 0.00357. The summed E-state index contributed by atoms with van der Waals surface area (Å²) in [6, 6.07) is 11.7. The normalized spacial score (nSPS) is 18.3. The number of piperidine rings is 2. The van der Waals surface area contributed by atoms with E-state index in [0.717, 1.165) is 60.7 Å². The number of hydrogen-bond donors (Lipinski definition) is 2. The Hall–Kier alpha value is -3.55. The van der Waals surface area contributed by atoms with Crippen LogP contribution in [-0.4, -0.2) is 66.7 Å². The fourth-order valence-corrected chi connectivity index (χ4v) is 5.59. The molecule has 1 atom stereocenters. The number of rotatable bonds is 4. The number of benzene rings is 2. The summed E-state index contributed by atoms with van der Waals surface area (Å²) < 4.78 is 0. The number of fused-ring (bicyclic) bond motifs is 1. The molecule has 3 aromatic rings. The number of carbonyl (C=O) groups is 2. The molecule has 0 saturated carbocycles. The van der Waals surface area contributed by atoms with Crippen molar-refractivity contribution in [3.63, 3.8) is 0 Å². The van der Waals surface area contributed by atoms with Crippen molar-refractivity contribution in [1.82, 2.24) is 14.8 Å². The smallest absolute Gasteiger partial charge is 0.256 e. The predicted octanol–water partition coefficient (Wildman–Crippen LogP) is 2.73. The van der Waals surface area contributed by atoms with Gasteiger partial charge in [0.05, 0.1) is 28.2 Å². The largest absolute Gasteiger partial charge is 0.397 e. The van der Waals surface area contributed by atoms with Crippen LogP contribution in [-0.2, 0) is 0 Å². The zero-order valence-electron chi connectivity index (χ0n) is 21.2. The Morgan fingerprint density at radius 2 is 1.78 bits per heavy atom. The van der Waals surface area contributed by atoms with Gasteiger partial charge in [0.1, 0.15) is 7.85 Å². The standard InChI is InChI=1S/C28H34BN5O2/c1-18-25(22-10-4-3-8-19(22)16-31-18)28(36)34-13-7-9-21(17-34)32-26-23(14-20(29)15-24(26)30)27(35)33-11-5-2-6-12-33/h3-4,8,10,14-16,21,32H,2,5-7,9,11-13,17,29-30H2,1H3/t21-/m1/s1. The molecule has 2 aliphatic rings. The summed E-state index contributed by atoms with van der Waals surface area (Å²) in [5.41, 5.74) is 10.7. The number of likely N-dealkylation sites (tertiary alicyclic amines) is 2. The molecule has 7 nitrogen and oxygen atoms in total. The molecular weight excluding hydrogens is 449 g/mol. The van der Waals surface area contributed by atoms with Crippen LogP contribution in [0.2, 0.25) is 0 Å². The van der Waals surface area contributed by atoms with Gasteiger partial charge >= 0.3 is 0 Å². The second-order valence-corrected chi connectivity index (χ2v) is 10.2. The molecule has 36 heavy (non-hydrogen) atoms. The highest BCUT2D eigenvalue weighted by Crippen LogP contribution is 2.29. The molecular formula is C28H34BN5O2. The van der Waals surface area contributed by atoms with Crippen molar-refractivity contribution >= 4 is 47.3 Å². The lowest BCUT2D eigenvalue weighted by Crippen LogP contribution is -2.46. The number of amides is 2. The first-order valence-corrected chi connectivity index (χ1v) is 13.0. The van der Waals surface area contributed by atoms with E-state index in [-0.39, 0.29) is 17.9 Å². The van der Waals surface area contributed by atoms with E-state index in [9.17, 15) is 9.59 Å². The van der Waals surface area contributed by atoms with E-state index in [1.807, 2.05) is 67.2 Å². The molecule has 1 aromatic heterocycles. The van der Waals surface area contributed by atoms with Gasteiger partial charge in [-0.3, -0.25) is 14.6 Å². The molecule has 0 radical (unpaired) electrons. The zero-order chi connectivity index (χ0) is 25.2. The van der Waals surface area contributed by atoms with Crippen molar-refractivity contribution in [3.05, 3.63) is 59.4 Å². The molecule has 0 aliphatic carbocycles. The van der Waals surface area contributed by atoms with E-state index in [1.54, 1.807) is 0 Å². The molecule has 3 N–H and O–H groups in total. The van der Waals surface area contributed by atoms with Gasteiger partial charge in [-0.15, -0.1) is 0 Å². The average Bonchev–Trinajstić information content (AvgIpc) is 2.90. The first kappa shape index (κ1) is 24.2.